The normalized spacial score (nSPS) is 14.9. The Morgan fingerprint density at radius 2 is 1.06 bits per heavy atom. The summed E-state index contributed by atoms with van der Waals surface area (Å²) in [5, 5.41) is 23.3. The van der Waals surface area contributed by atoms with Crippen molar-refractivity contribution in [2.45, 2.75) is 78.5 Å². The van der Waals surface area contributed by atoms with Crippen molar-refractivity contribution in [1.82, 2.24) is 16.0 Å². The SMILES string of the molecule is C.CC(=O)OC(C)=O.O=C(N[C@H]1CC(=O)SC1=O)OCc1ccccc1.O=C(O)C[C@H](NC(=O)OCc1ccccc1)C(=O)O.O=C1C[C@H](NC(=O)OCc2ccccc2)C(=O)O1. The van der Waals surface area contributed by atoms with Gasteiger partial charge < -0.3 is 49.8 Å². The third-order valence-electron chi connectivity index (χ3n) is 7.22. The number of hydrogen-bond donors (Lipinski definition) is 5. The molecule has 0 aliphatic carbocycles. The molecule has 5 N–H and O–H groups in total. The number of amides is 3. The van der Waals surface area contributed by atoms with Crippen LogP contribution in [-0.4, -0.2) is 92.7 Å². The lowest BCUT2D eigenvalue weighted by molar-refractivity contribution is -0.157. The van der Waals surface area contributed by atoms with Gasteiger partial charge in [0.15, 0.2) is 5.12 Å². The van der Waals surface area contributed by atoms with Gasteiger partial charge in [-0.1, -0.05) is 98.4 Å². The van der Waals surface area contributed by atoms with Crippen LogP contribution in [0.2, 0.25) is 0 Å². The molecule has 5 rings (SSSR count). The Morgan fingerprint density at radius 3 is 1.38 bits per heavy atom. The van der Waals surface area contributed by atoms with Crippen LogP contribution in [0.5, 0.6) is 0 Å². The number of carbonyl (C=O) groups excluding carboxylic acids is 9. The Hall–Kier alpha value is -7.62. The highest BCUT2D eigenvalue weighted by Crippen LogP contribution is 2.21. The molecule has 22 heteroatoms. The Bertz CT molecular complexity index is 1950. The molecule has 2 aliphatic rings. The van der Waals surface area contributed by atoms with Crippen molar-refractivity contribution in [2.75, 3.05) is 0 Å². The number of ether oxygens (including phenoxy) is 5. The van der Waals surface area contributed by atoms with Crippen molar-refractivity contribution in [2.24, 2.45) is 0 Å². The minimum absolute atomic E-state index is 0. The first kappa shape index (κ1) is 53.4. The third kappa shape index (κ3) is 23.7. The van der Waals surface area contributed by atoms with Crippen molar-refractivity contribution >= 4 is 76.1 Å². The molecule has 2 saturated heterocycles. The summed E-state index contributed by atoms with van der Waals surface area (Å²) in [4.78, 5) is 119. The van der Waals surface area contributed by atoms with Crippen LogP contribution in [0.25, 0.3) is 0 Å². The average Bonchev–Trinajstić information content (AvgIpc) is 3.71. The predicted molar refractivity (Wildman–Crippen MR) is 218 cm³/mol. The lowest BCUT2D eigenvalue weighted by atomic mass is 10.2. The summed E-state index contributed by atoms with van der Waals surface area (Å²) in [5.74, 6) is -5.28. The van der Waals surface area contributed by atoms with Crippen LogP contribution in [0, 0.1) is 0 Å². The maximum atomic E-state index is 11.4. The molecule has 3 atom stereocenters. The zero-order chi connectivity index (χ0) is 46.0. The zero-order valence-corrected chi connectivity index (χ0v) is 33.8. The largest absolute Gasteiger partial charge is 0.481 e. The number of rotatable bonds is 12. The van der Waals surface area contributed by atoms with Gasteiger partial charge in [-0.3, -0.25) is 28.8 Å². The van der Waals surface area contributed by atoms with E-state index in [0.717, 1.165) is 16.7 Å². The summed E-state index contributed by atoms with van der Waals surface area (Å²) in [6, 6.07) is 23.9. The molecular formula is C41H45N3O18S. The molecule has 0 bridgehead atoms. The van der Waals surface area contributed by atoms with E-state index >= 15 is 0 Å². The summed E-state index contributed by atoms with van der Waals surface area (Å²) < 4.78 is 22.9. The van der Waals surface area contributed by atoms with Gasteiger partial charge in [-0.25, -0.2) is 24.0 Å². The van der Waals surface area contributed by atoms with Gasteiger partial charge in [0.1, 0.15) is 37.9 Å². The van der Waals surface area contributed by atoms with Gasteiger partial charge in [0.2, 0.25) is 5.12 Å². The van der Waals surface area contributed by atoms with Crippen LogP contribution in [0.4, 0.5) is 14.4 Å². The van der Waals surface area contributed by atoms with E-state index in [-0.39, 0.29) is 50.3 Å². The quantitative estimate of drug-likeness (QED) is 0.0980. The van der Waals surface area contributed by atoms with Crippen molar-refractivity contribution in [3.63, 3.8) is 0 Å². The van der Waals surface area contributed by atoms with Crippen molar-refractivity contribution < 1.29 is 86.6 Å². The summed E-state index contributed by atoms with van der Waals surface area (Å²) in [5.41, 5.74) is 2.43. The van der Waals surface area contributed by atoms with E-state index in [1.54, 1.807) is 42.5 Å². The number of esters is 4. The lowest BCUT2D eigenvalue weighted by Gasteiger charge is -2.12. The molecule has 3 aromatic rings. The first-order chi connectivity index (χ1) is 29.4. The molecule has 2 aliphatic heterocycles. The number of benzene rings is 3. The molecule has 3 amide bonds. The minimum atomic E-state index is -1.51. The second kappa shape index (κ2) is 28.8. The topological polar surface area (TPSA) is 310 Å². The summed E-state index contributed by atoms with van der Waals surface area (Å²) in [7, 11) is 0. The second-order valence-corrected chi connectivity index (χ2v) is 13.4. The van der Waals surface area contributed by atoms with Crippen molar-refractivity contribution in [3.8, 4) is 0 Å². The number of thioether (sulfide) groups is 1. The van der Waals surface area contributed by atoms with Crippen LogP contribution >= 0.6 is 11.8 Å². The fraction of sp³-hybridized carbons (Fsp3) is 0.293. The molecule has 63 heavy (non-hydrogen) atoms. The van der Waals surface area contributed by atoms with Crippen LogP contribution in [0.3, 0.4) is 0 Å². The predicted octanol–water partition coefficient (Wildman–Crippen LogP) is 3.80. The smallest absolute Gasteiger partial charge is 0.408 e. The molecule has 0 saturated carbocycles. The average molecular weight is 900 g/mol. The van der Waals surface area contributed by atoms with Gasteiger partial charge in [0.05, 0.1) is 12.8 Å². The number of carboxylic acids is 2. The fourth-order valence-corrected chi connectivity index (χ4v) is 5.23. The Balaban J connectivity index is 0.000000436. The Labute approximate surface area is 364 Å². The number of nitrogens with one attached hydrogen (secondary N) is 3. The molecule has 0 spiro atoms. The van der Waals surface area contributed by atoms with Crippen LogP contribution in [0.15, 0.2) is 91.0 Å². The van der Waals surface area contributed by atoms with Crippen LogP contribution < -0.4 is 16.0 Å². The van der Waals surface area contributed by atoms with Gasteiger partial charge in [0, 0.05) is 20.3 Å². The van der Waals surface area contributed by atoms with Gasteiger partial charge >= 0.3 is 54.1 Å². The number of carboxylic acid groups (broad SMARTS) is 2. The summed E-state index contributed by atoms with van der Waals surface area (Å²) >= 11 is 0.637. The molecule has 21 nitrogen and oxygen atoms in total. The maximum Gasteiger partial charge on any atom is 0.408 e. The fourth-order valence-electron chi connectivity index (χ4n) is 4.47. The second-order valence-electron chi connectivity index (χ2n) is 12.3. The van der Waals surface area contributed by atoms with E-state index < -0.39 is 78.6 Å². The molecule has 3 aromatic carbocycles. The number of aliphatic carboxylic acids is 2. The van der Waals surface area contributed by atoms with Crippen LogP contribution in [-0.2, 0) is 81.9 Å². The number of alkyl carbamates (subject to hydrolysis) is 3. The molecule has 0 unspecified atom stereocenters. The molecular weight excluding hydrogens is 855 g/mol. The lowest BCUT2D eigenvalue weighted by Crippen LogP contribution is -2.42. The highest BCUT2D eigenvalue weighted by molar-refractivity contribution is 8.26. The number of carbonyl (C=O) groups is 11. The van der Waals surface area contributed by atoms with Crippen molar-refractivity contribution in [3.05, 3.63) is 108 Å². The van der Waals surface area contributed by atoms with E-state index in [4.69, 9.17) is 24.4 Å². The van der Waals surface area contributed by atoms with E-state index in [1.165, 1.54) is 13.8 Å². The molecule has 2 heterocycles. The Kier molecular flexibility index (Phi) is 24.4. The third-order valence-corrected chi connectivity index (χ3v) is 8.10. The van der Waals surface area contributed by atoms with Crippen molar-refractivity contribution in [1.29, 1.82) is 0 Å². The highest BCUT2D eigenvalue weighted by atomic mass is 32.2. The standard InChI is InChI=1S/C12H13NO6.C12H11NO5.C12H11NO4S.C4H6O3.CH4/c14-10(15)6-9(11(16)17)13-12(18)19-7-8-4-2-1-3-5-8;2*14-10-6-9(11(15)18-10)13-12(16)17-7-8-4-2-1-3-5-8;1-3(5)7-4(2)6;/h1-5,9H,6-7H2,(H,13,18)(H,14,15)(H,16,17);2*1-5,9H,6-7H2,(H,13,16);1-2H3;1H4/t3*9-;;/m000../s1. The number of cyclic esters (lactones) is 2. The van der Waals surface area contributed by atoms with E-state index in [2.05, 4.69) is 20.1 Å². The van der Waals surface area contributed by atoms with E-state index in [1.807, 2.05) is 53.8 Å². The molecule has 0 radical (unpaired) electrons. The van der Waals surface area contributed by atoms with Gasteiger partial charge in [-0.05, 0) is 28.5 Å². The first-order valence-electron chi connectivity index (χ1n) is 18.0. The monoisotopic (exact) mass is 899 g/mol. The number of hydrogen-bond acceptors (Lipinski definition) is 17. The minimum Gasteiger partial charge on any atom is -0.481 e. The van der Waals surface area contributed by atoms with Gasteiger partial charge in [-0.15, -0.1) is 0 Å². The van der Waals surface area contributed by atoms with Gasteiger partial charge in [0.25, 0.3) is 0 Å². The molecule has 338 valence electrons. The summed E-state index contributed by atoms with van der Waals surface area (Å²) in [6.45, 7) is 2.58. The van der Waals surface area contributed by atoms with Crippen LogP contribution in [0.1, 0.15) is 57.2 Å². The van der Waals surface area contributed by atoms with E-state index in [0.29, 0.717) is 11.8 Å². The highest BCUT2D eigenvalue weighted by Gasteiger charge is 2.35. The first-order valence-corrected chi connectivity index (χ1v) is 18.8. The molecule has 0 aromatic heterocycles. The van der Waals surface area contributed by atoms with Gasteiger partial charge in [-0.2, -0.15) is 0 Å². The maximum absolute atomic E-state index is 11.4. The Morgan fingerprint density at radius 1 is 0.651 bits per heavy atom. The van der Waals surface area contributed by atoms with E-state index in [9.17, 15) is 52.7 Å². The molecule has 2 fully saturated rings. The summed E-state index contributed by atoms with van der Waals surface area (Å²) in [6.07, 6.45) is -3.25. The zero-order valence-electron chi connectivity index (χ0n) is 33.0.